The van der Waals surface area contributed by atoms with E-state index in [4.69, 9.17) is 0 Å². The summed E-state index contributed by atoms with van der Waals surface area (Å²) in [6.07, 6.45) is 4.24. The van der Waals surface area contributed by atoms with Crippen molar-refractivity contribution in [3.8, 4) is 0 Å². The van der Waals surface area contributed by atoms with Crippen LogP contribution in [0.2, 0.25) is 0 Å². The smallest absolute Gasteiger partial charge is 0.0218 e. The molecule has 2 fully saturated rings. The van der Waals surface area contributed by atoms with Crippen LogP contribution in [0.3, 0.4) is 0 Å². The molecule has 0 nitrogen and oxygen atoms in total. The van der Waals surface area contributed by atoms with Crippen molar-refractivity contribution in [2.75, 3.05) is 5.33 Å². The Hall–Kier alpha value is 0.960. The highest BCUT2D eigenvalue weighted by Gasteiger charge is 2.62. The molecule has 2 heteroatoms. The number of hydrogen-bond acceptors (Lipinski definition) is 0. The summed E-state index contributed by atoms with van der Waals surface area (Å²) in [5.74, 6) is 0.958. The molecule has 2 aliphatic rings. The van der Waals surface area contributed by atoms with E-state index < -0.39 is 0 Å². The molecule has 2 saturated carbocycles. The molecule has 0 aromatic heterocycles. The number of hydrogen-bond donors (Lipinski definition) is 0. The van der Waals surface area contributed by atoms with E-state index in [-0.39, 0.29) is 0 Å². The van der Waals surface area contributed by atoms with Gasteiger partial charge in [0.05, 0.1) is 0 Å². The zero-order chi connectivity index (χ0) is 8.98. The van der Waals surface area contributed by atoms with Crippen LogP contribution >= 0.6 is 31.9 Å². The van der Waals surface area contributed by atoms with E-state index in [9.17, 15) is 0 Å². The second-order valence-electron chi connectivity index (χ2n) is 4.95. The Morgan fingerprint density at radius 2 is 2.08 bits per heavy atom. The fourth-order valence-corrected chi connectivity index (χ4v) is 6.55. The van der Waals surface area contributed by atoms with Crippen molar-refractivity contribution in [3.05, 3.63) is 0 Å². The van der Waals surface area contributed by atoms with E-state index in [2.05, 4.69) is 45.7 Å². The summed E-state index contributed by atoms with van der Waals surface area (Å²) < 4.78 is 0. The lowest BCUT2D eigenvalue weighted by atomic mass is 9.71. The van der Waals surface area contributed by atoms with Crippen LogP contribution < -0.4 is 0 Å². The minimum absolute atomic E-state index is 0.539. The lowest BCUT2D eigenvalue weighted by Gasteiger charge is -2.39. The Morgan fingerprint density at radius 1 is 1.42 bits per heavy atom. The largest absolute Gasteiger partial charge is 0.0921 e. The normalized spacial score (nSPS) is 50.0. The van der Waals surface area contributed by atoms with Crippen LogP contribution in [0.4, 0.5) is 0 Å². The third kappa shape index (κ3) is 0.890. The first kappa shape index (κ1) is 9.51. The topological polar surface area (TPSA) is 0 Å². The van der Waals surface area contributed by atoms with Gasteiger partial charge in [-0.3, -0.25) is 0 Å². The molecule has 2 rings (SSSR count). The summed E-state index contributed by atoms with van der Waals surface area (Å²) in [5, 5.41) is 1.17. The lowest BCUT2D eigenvalue weighted by molar-refractivity contribution is 0.165. The maximum absolute atomic E-state index is 3.86. The molecule has 12 heavy (non-hydrogen) atoms. The molecule has 2 aliphatic carbocycles. The SMILES string of the molecule is CC1(C)C2CCC1(CBr)C(Br)C2. The molecule has 0 aromatic carbocycles. The van der Waals surface area contributed by atoms with Gasteiger partial charge in [0, 0.05) is 10.2 Å². The van der Waals surface area contributed by atoms with Crippen molar-refractivity contribution in [1.29, 1.82) is 0 Å². The zero-order valence-corrected chi connectivity index (χ0v) is 10.9. The highest BCUT2D eigenvalue weighted by Crippen LogP contribution is 2.68. The van der Waals surface area contributed by atoms with Crippen molar-refractivity contribution in [2.45, 2.75) is 37.9 Å². The number of alkyl halides is 2. The molecule has 70 valence electrons. The third-order valence-electron chi connectivity index (χ3n) is 4.57. The van der Waals surface area contributed by atoms with Crippen LogP contribution in [0.15, 0.2) is 0 Å². The van der Waals surface area contributed by atoms with Crippen molar-refractivity contribution in [1.82, 2.24) is 0 Å². The molecule has 2 bridgehead atoms. The Bertz CT molecular complexity index is 200. The van der Waals surface area contributed by atoms with Gasteiger partial charge in [-0.25, -0.2) is 0 Å². The molecule has 0 spiro atoms. The average Bonchev–Trinajstić information content (AvgIpc) is 2.36. The monoisotopic (exact) mass is 294 g/mol. The Morgan fingerprint density at radius 3 is 2.33 bits per heavy atom. The maximum atomic E-state index is 3.86. The minimum atomic E-state index is 0.539. The maximum Gasteiger partial charge on any atom is 0.0218 e. The molecular formula is C10H16Br2. The Balaban J connectivity index is 2.39. The van der Waals surface area contributed by atoms with Gasteiger partial charge in [-0.1, -0.05) is 45.7 Å². The van der Waals surface area contributed by atoms with Gasteiger partial charge in [0.2, 0.25) is 0 Å². The van der Waals surface area contributed by atoms with Gasteiger partial charge in [-0.05, 0) is 36.0 Å². The summed E-state index contributed by atoms with van der Waals surface area (Å²) in [7, 11) is 0. The van der Waals surface area contributed by atoms with E-state index in [1.807, 2.05) is 0 Å². The summed E-state index contributed by atoms with van der Waals surface area (Å²) >= 11 is 7.56. The predicted molar refractivity (Wildman–Crippen MR) is 60.1 cm³/mol. The van der Waals surface area contributed by atoms with Crippen LogP contribution in [0.1, 0.15) is 33.1 Å². The van der Waals surface area contributed by atoms with Gasteiger partial charge < -0.3 is 0 Å². The summed E-state index contributed by atoms with van der Waals surface area (Å²) in [6, 6.07) is 0. The van der Waals surface area contributed by atoms with Crippen LogP contribution in [0.5, 0.6) is 0 Å². The van der Waals surface area contributed by atoms with Crippen LogP contribution in [-0.2, 0) is 0 Å². The lowest BCUT2D eigenvalue weighted by Crippen LogP contribution is -2.37. The first-order valence-corrected chi connectivity index (χ1v) is 6.78. The van der Waals surface area contributed by atoms with Crippen molar-refractivity contribution in [2.24, 2.45) is 16.7 Å². The summed E-state index contributed by atoms with van der Waals surface area (Å²) in [6.45, 7) is 4.90. The van der Waals surface area contributed by atoms with Gasteiger partial charge in [-0.15, -0.1) is 0 Å². The number of halogens is 2. The van der Waals surface area contributed by atoms with Crippen molar-refractivity contribution >= 4 is 31.9 Å². The molecule has 3 atom stereocenters. The minimum Gasteiger partial charge on any atom is -0.0921 e. The van der Waals surface area contributed by atoms with E-state index in [0.29, 0.717) is 10.8 Å². The van der Waals surface area contributed by atoms with E-state index in [1.54, 1.807) is 0 Å². The fourth-order valence-electron chi connectivity index (χ4n) is 3.29. The summed E-state index contributed by atoms with van der Waals surface area (Å²) in [4.78, 5) is 0.748. The van der Waals surface area contributed by atoms with E-state index in [0.717, 1.165) is 10.7 Å². The molecular weight excluding hydrogens is 280 g/mol. The van der Waals surface area contributed by atoms with E-state index in [1.165, 1.54) is 24.6 Å². The van der Waals surface area contributed by atoms with Gasteiger partial charge in [-0.2, -0.15) is 0 Å². The number of fused-ring (bicyclic) bond motifs is 2. The van der Waals surface area contributed by atoms with E-state index >= 15 is 0 Å². The Kier molecular flexibility index (Phi) is 2.16. The van der Waals surface area contributed by atoms with Crippen LogP contribution in [-0.4, -0.2) is 10.2 Å². The van der Waals surface area contributed by atoms with Gasteiger partial charge >= 0.3 is 0 Å². The van der Waals surface area contributed by atoms with Gasteiger partial charge in [0.25, 0.3) is 0 Å². The molecule has 0 radical (unpaired) electrons. The molecule has 0 heterocycles. The first-order valence-electron chi connectivity index (χ1n) is 4.74. The van der Waals surface area contributed by atoms with Crippen molar-refractivity contribution < 1.29 is 0 Å². The molecule has 0 saturated heterocycles. The predicted octanol–water partition coefficient (Wildman–Crippen LogP) is 3.97. The average molecular weight is 296 g/mol. The highest BCUT2D eigenvalue weighted by molar-refractivity contribution is 9.10. The first-order chi connectivity index (χ1) is 5.54. The Labute approximate surface area is 91.7 Å². The second kappa shape index (κ2) is 2.73. The molecule has 0 aliphatic heterocycles. The third-order valence-corrected chi connectivity index (χ3v) is 6.82. The van der Waals surface area contributed by atoms with Crippen LogP contribution in [0.25, 0.3) is 0 Å². The van der Waals surface area contributed by atoms with Gasteiger partial charge in [0.15, 0.2) is 0 Å². The molecule has 0 N–H and O–H groups in total. The van der Waals surface area contributed by atoms with Crippen molar-refractivity contribution in [3.63, 3.8) is 0 Å². The quantitative estimate of drug-likeness (QED) is 0.642. The molecule has 0 aromatic rings. The molecule has 0 amide bonds. The van der Waals surface area contributed by atoms with Crippen LogP contribution in [0, 0.1) is 16.7 Å². The highest BCUT2D eigenvalue weighted by atomic mass is 79.9. The summed E-state index contributed by atoms with van der Waals surface area (Å²) in [5.41, 5.74) is 1.09. The second-order valence-corrected chi connectivity index (χ2v) is 6.62. The van der Waals surface area contributed by atoms with Gasteiger partial charge in [0.1, 0.15) is 0 Å². The standard InChI is InChI=1S/C10H16Br2/c1-9(2)7-3-4-10(9,6-11)8(12)5-7/h7-8H,3-6H2,1-2H3. The molecule has 3 unspecified atom stereocenters. The number of rotatable bonds is 1. The zero-order valence-electron chi connectivity index (χ0n) is 7.74. The fraction of sp³-hybridized carbons (Fsp3) is 1.00.